The summed E-state index contributed by atoms with van der Waals surface area (Å²) in [5, 5.41) is 13.1. The van der Waals surface area contributed by atoms with Gasteiger partial charge >= 0.3 is 0 Å². The predicted molar refractivity (Wildman–Crippen MR) is 119 cm³/mol. The van der Waals surface area contributed by atoms with Gasteiger partial charge in [0.05, 0.1) is 18.7 Å². The number of aliphatic hydroxyl groups is 1. The van der Waals surface area contributed by atoms with Crippen LogP contribution in [-0.4, -0.2) is 59.9 Å². The molecule has 2 heterocycles. The third-order valence-corrected chi connectivity index (χ3v) is 6.52. The van der Waals surface area contributed by atoms with E-state index in [-0.39, 0.29) is 11.3 Å². The first-order valence-corrected chi connectivity index (χ1v) is 11.0. The highest BCUT2D eigenvalue weighted by molar-refractivity contribution is 7.10. The van der Waals surface area contributed by atoms with Crippen LogP contribution in [-0.2, 0) is 9.59 Å². The van der Waals surface area contributed by atoms with Gasteiger partial charge < -0.3 is 19.6 Å². The number of likely N-dealkylation sites (N-methyl/N-ethyl adjacent to an activating group) is 1. The summed E-state index contributed by atoms with van der Waals surface area (Å²) in [6.45, 7) is 8.82. The van der Waals surface area contributed by atoms with Gasteiger partial charge in [0, 0.05) is 23.5 Å². The van der Waals surface area contributed by atoms with Gasteiger partial charge in [-0.2, -0.15) is 0 Å². The lowest BCUT2D eigenvalue weighted by molar-refractivity contribution is -0.140. The van der Waals surface area contributed by atoms with E-state index in [1.807, 2.05) is 24.4 Å². The number of ketones is 1. The highest BCUT2D eigenvalue weighted by Gasteiger charge is 2.46. The molecule has 1 unspecified atom stereocenters. The number of ether oxygens (including phenoxy) is 1. The summed E-state index contributed by atoms with van der Waals surface area (Å²) in [5.74, 6) is -0.676. The first kappa shape index (κ1) is 22.1. The van der Waals surface area contributed by atoms with Crippen molar-refractivity contribution in [2.75, 3.05) is 33.3 Å². The molecule has 3 rings (SSSR count). The molecule has 0 bridgehead atoms. The number of nitrogens with zero attached hydrogens (tertiary/aromatic N) is 2. The third-order valence-electron chi connectivity index (χ3n) is 5.59. The monoisotopic (exact) mass is 428 g/mol. The van der Waals surface area contributed by atoms with E-state index in [1.165, 1.54) is 11.3 Å². The van der Waals surface area contributed by atoms with Crippen LogP contribution in [0.3, 0.4) is 0 Å². The molecule has 0 radical (unpaired) electrons. The van der Waals surface area contributed by atoms with E-state index in [0.717, 1.165) is 23.5 Å². The fourth-order valence-electron chi connectivity index (χ4n) is 3.82. The highest BCUT2D eigenvalue weighted by atomic mass is 32.1. The van der Waals surface area contributed by atoms with Crippen molar-refractivity contribution in [1.82, 2.24) is 9.80 Å². The van der Waals surface area contributed by atoms with Crippen LogP contribution in [0.2, 0.25) is 0 Å². The Kier molecular flexibility index (Phi) is 6.95. The molecule has 1 fully saturated rings. The molecule has 0 aliphatic carbocycles. The van der Waals surface area contributed by atoms with Gasteiger partial charge in [0.1, 0.15) is 11.5 Å². The minimum Gasteiger partial charge on any atom is -0.507 e. The normalized spacial score (nSPS) is 18.4. The van der Waals surface area contributed by atoms with E-state index in [4.69, 9.17) is 4.74 Å². The lowest BCUT2D eigenvalue weighted by Crippen LogP contribution is -2.37. The molecule has 160 valence electrons. The molecule has 1 aliphatic rings. The Hall–Kier alpha value is -2.64. The molecule has 0 spiro atoms. The average Bonchev–Trinajstić information content (AvgIpc) is 3.36. The van der Waals surface area contributed by atoms with Crippen LogP contribution in [0.4, 0.5) is 0 Å². The number of carbonyl (C=O) groups is 2. The van der Waals surface area contributed by atoms with Crippen molar-refractivity contribution in [3.63, 3.8) is 0 Å². The Morgan fingerprint density at radius 1 is 1.23 bits per heavy atom. The number of rotatable bonds is 8. The average molecular weight is 429 g/mol. The molecule has 1 aromatic carbocycles. The van der Waals surface area contributed by atoms with E-state index in [0.29, 0.717) is 24.4 Å². The number of hydrogen-bond acceptors (Lipinski definition) is 6. The topological polar surface area (TPSA) is 70.1 Å². The maximum atomic E-state index is 13.0. The lowest BCUT2D eigenvalue weighted by atomic mass is 9.97. The van der Waals surface area contributed by atoms with E-state index in [9.17, 15) is 14.7 Å². The second-order valence-corrected chi connectivity index (χ2v) is 8.19. The molecule has 1 saturated heterocycles. The maximum Gasteiger partial charge on any atom is 0.295 e. The van der Waals surface area contributed by atoms with Crippen molar-refractivity contribution in [2.24, 2.45) is 0 Å². The number of thiophene rings is 1. The molecule has 1 N–H and O–H groups in total. The van der Waals surface area contributed by atoms with Gasteiger partial charge in [0.25, 0.3) is 11.7 Å². The van der Waals surface area contributed by atoms with E-state index in [2.05, 4.69) is 18.7 Å². The Labute approximate surface area is 181 Å². The number of benzene rings is 1. The number of hydrogen-bond donors (Lipinski definition) is 1. The van der Waals surface area contributed by atoms with Gasteiger partial charge in [-0.3, -0.25) is 9.59 Å². The SMILES string of the molecule is CCN(CC)CCN1C(=O)C(=O)/C(=C(\O)c2ccc(OC)cc2C)C1c1cccs1. The molecule has 7 heteroatoms. The van der Waals surface area contributed by atoms with Crippen LogP contribution in [0, 0.1) is 6.92 Å². The predicted octanol–water partition coefficient (Wildman–Crippen LogP) is 3.83. The Morgan fingerprint density at radius 2 is 1.97 bits per heavy atom. The fraction of sp³-hybridized carbons (Fsp3) is 0.391. The number of Topliss-reactive ketones (excluding diaryl/α,β-unsaturated/α-hetero) is 1. The number of likely N-dealkylation sites (tertiary alicyclic amines) is 1. The van der Waals surface area contributed by atoms with Crippen molar-refractivity contribution in [3.05, 3.63) is 57.3 Å². The van der Waals surface area contributed by atoms with Gasteiger partial charge in [-0.15, -0.1) is 11.3 Å². The number of aliphatic hydroxyl groups excluding tert-OH is 1. The zero-order valence-electron chi connectivity index (χ0n) is 17.8. The summed E-state index contributed by atoms with van der Waals surface area (Å²) >= 11 is 1.48. The summed E-state index contributed by atoms with van der Waals surface area (Å²) in [6.07, 6.45) is 0. The minimum absolute atomic E-state index is 0.141. The van der Waals surface area contributed by atoms with Crippen molar-refractivity contribution in [3.8, 4) is 5.75 Å². The summed E-state index contributed by atoms with van der Waals surface area (Å²) in [6, 6.07) is 8.47. The van der Waals surface area contributed by atoms with Crippen LogP contribution < -0.4 is 4.74 Å². The summed E-state index contributed by atoms with van der Waals surface area (Å²) in [7, 11) is 1.58. The molecule has 1 aromatic heterocycles. The molecule has 2 aromatic rings. The van der Waals surface area contributed by atoms with Crippen molar-refractivity contribution in [2.45, 2.75) is 26.8 Å². The molecule has 1 amide bonds. The third kappa shape index (κ3) is 4.13. The smallest absolute Gasteiger partial charge is 0.295 e. The van der Waals surface area contributed by atoms with Crippen LogP contribution in [0.1, 0.15) is 35.9 Å². The summed E-state index contributed by atoms with van der Waals surface area (Å²) in [5.41, 5.74) is 1.44. The van der Waals surface area contributed by atoms with Gasteiger partial charge in [0.15, 0.2) is 0 Å². The van der Waals surface area contributed by atoms with Crippen molar-refractivity contribution < 1.29 is 19.4 Å². The zero-order valence-corrected chi connectivity index (χ0v) is 18.7. The van der Waals surface area contributed by atoms with Crippen molar-refractivity contribution >= 4 is 28.8 Å². The van der Waals surface area contributed by atoms with E-state index >= 15 is 0 Å². The van der Waals surface area contributed by atoms with Crippen LogP contribution in [0.15, 0.2) is 41.3 Å². The second-order valence-electron chi connectivity index (χ2n) is 7.22. The Bertz CT molecular complexity index is 948. The zero-order chi connectivity index (χ0) is 21.8. The van der Waals surface area contributed by atoms with Gasteiger partial charge in [-0.25, -0.2) is 0 Å². The number of amides is 1. The summed E-state index contributed by atoms with van der Waals surface area (Å²) < 4.78 is 5.24. The first-order valence-electron chi connectivity index (χ1n) is 10.1. The molecular formula is C23H28N2O4S. The highest BCUT2D eigenvalue weighted by Crippen LogP contribution is 2.41. The number of aryl methyl sites for hydroxylation is 1. The van der Waals surface area contributed by atoms with E-state index in [1.54, 1.807) is 30.2 Å². The molecule has 1 aliphatic heterocycles. The maximum absolute atomic E-state index is 13.0. The van der Waals surface area contributed by atoms with Crippen LogP contribution in [0.5, 0.6) is 5.75 Å². The van der Waals surface area contributed by atoms with Crippen LogP contribution in [0.25, 0.3) is 5.76 Å². The second kappa shape index (κ2) is 9.45. The van der Waals surface area contributed by atoms with Gasteiger partial charge in [-0.1, -0.05) is 19.9 Å². The largest absolute Gasteiger partial charge is 0.507 e. The first-order chi connectivity index (χ1) is 14.4. The molecule has 6 nitrogen and oxygen atoms in total. The lowest BCUT2D eigenvalue weighted by Gasteiger charge is -2.27. The standard InChI is InChI=1S/C23H28N2O4S/c1-5-24(6-2)11-12-25-20(18-8-7-13-30-18)19(22(27)23(25)28)21(26)17-10-9-16(29-4)14-15(17)3/h7-10,13-14,20,26H,5-6,11-12H2,1-4H3/b21-19-. The van der Waals surface area contributed by atoms with Crippen molar-refractivity contribution in [1.29, 1.82) is 0 Å². The van der Waals surface area contributed by atoms with Crippen LogP contribution >= 0.6 is 11.3 Å². The Balaban J connectivity index is 2.07. The molecular weight excluding hydrogens is 400 g/mol. The quantitative estimate of drug-likeness (QED) is 0.393. The van der Waals surface area contributed by atoms with Gasteiger partial charge in [0.2, 0.25) is 0 Å². The fourth-order valence-corrected chi connectivity index (χ4v) is 4.66. The molecule has 1 atom stereocenters. The number of carbonyl (C=O) groups excluding carboxylic acids is 2. The summed E-state index contributed by atoms with van der Waals surface area (Å²) in [4.78, 5) is 30.6. The molecule has 30 heavy (non-hydrogen) atoms. The minimum atomic E-state index is -0.638. The Morgan fingerprint density at radius 3 is 2.53 bits per heavy atom. The van der Waals surface area contributed by atoms with Gasteiger partial charge in [-0.05, 0) is 55.2 Å². The number of methoxy groups -OCH3 is 1. The molecule has 0 saturated carbocycles. The van der Waals surface area contributed by atoms with E-state index < -0.39 is 17.7 Å².